The van der Waals surface area contributed by atoms with E-state index in [2.05, 4.69) is 16.5 Å². The van der Waals surface area contributed by atoms with Crippen LogP contribution in [-0.4, -0.2) is 56.1 Å². The average Bonchev–Trinajstić information content (AvgIpc) is 3.33. The van der Waals surface area contributed by atoms with Gasteiger partial charge in [-0.25, -0.2) is 14.6 Å². The van der Waals surface area contributed by atoms with Crippen LogP contribution in [-0.2, 0) is 9.59 Å². The zero-order chi connectivity index (χ0) is 25.4. The molecule has 2 aromatic heterocycles. The Morgan fingerprint density at radius 1 is 1.03 bits per heavy atom. The number of carbonyl (C=O) groups is 2. The zero-order valence-corrected chi connectivity index (χ0v) is 20.3. The van der Waals surface area contributed by atoms with E-state index in [-0.39, 0.29) is 17.9 Å². The summed E-state index contributed by atoms with van der Waals surface area (Å²) in [5.41, 5.74) is 2.22. The molecule has 2 amide bonds. The molecule has 2 fully saturated rings. The van der Waals surface area contributed by atoms with Crippen molar-refractivity contribution in [3.8, 4) is 22.8 Å². The van der Waals surface area contributed by atoms with E-state index in [0.29, 0.717) is 49.0 Å². The van der Waals surface area contributed by atoms with E-state index in [4.69, 9.17) is 9.84 Å². The summed E-state index contributed by atoms with van der Waals surface area (Å²) in [6, 6.07) is 17.3. The van der Waals surface area contributed by atoms with Crippen molar-refractivity contribution in [1.29, 1.82) is 0 Å². The molecule has 186 valence electrons. The van der Waals surface area contributed by atoms with Crippen molar-refractivity contribution in [2.45, 2.75) is 25.3 Å². The second-order valence-corrected chi connectivity index (χ2v) is 9.21. The van der Waals surface area contributed by atoms with Gasteiger partial charge in [0.15, 0.2) is 5.65 Å². The highest BCUT2D eigenvalue weighted by atomic mass is 16.5. The number of ether oxygens (including phenoxy) is 1. The predicted molar refractivity (Wildman–Crippen MR) is 139 cm³/mol. The van der Waals surface area contributed by atoms with E-state index in [9.17, 15) is 9.59 Å². The second kappa shape index (κ2) is 9.50. The van der Waals surface area contributed by atoms with E-state index >= 15 is 0 Å². The topological polar surface area (TPSA) is 93.5 Å². The highest BCUT2D eigenvalue weighted by molar-refractivity contribution is 6.08. The highest BCUT2D eigenvalue weighted by Crippen LogP contribution is 2.38. The molecular weight excluding hydrogens is 468 g/mol. The van der Waals surface area contributed by atoms with Gasteiger partial charge >= 0.3 is 0 Å². The number of piperidine rings is 1. The summed E-state index contributed by atoms with van der Waals surface area (Å²) in [6.45, 7) is 5.46. The third-order valence-corrected chi connectivity index (χ3v) is 6.91. The van der Waals surface area contributed by atoms with Gasteiger partial charge in [-0.15, -0.1) is 0 Å². The van der Waals surface area contributed by atoms with Crippen LogP contribution in [0.15, 0.2) is 73.6 Å². The quantitative estimate of drug-likeness (QED) is 0.292. The van der Waals surface area contributed by atoms with Crippen LogP contribution in [0.2, 0.25) is 0 Å². The van der Waals surface area contributed by atoms with Gasteiger partial charge < -0.3 is 9.64 Å². The number of likely N-dealkylation sites (tertiary alicyclic amines) is 1. The van der Waals surface area contributed by atoms with Crippen molar-refractivity contribution in [3.63, 3.8) is 0 Å². The van der Waals surface area contributed by atoms with Gasteiger partial charge in [0.1, 0.15) is 29.3 Å². The Labute approximate surface area is 214 Å². The van der Waals surface area contributed by atoms with Gasteiger partial charge in [0, 0.05) is 31.6 Å². The van der Waals surface area contributed by atoms with Crippen LogP contribution in [0, 0.1) is 0 Å². The normalized spacial score (nSPS) is 17.5. The average molecular weight is 495 g/mol. The van der Waals surface area contributed by atoms with E-state index in [0.717, 1.165) is 29.5 Å². The standard InChI is InChI=1S/C28H26N6O3/c1-2-23(35)32-15-6-7-20(17-32)34-28-25(27(29-18-30-28)33-16-14-24(33)36)26(31-34)19-10-12-22(13-11-19)37-21-8-4-3-5-9-21/h2-5,8-13,18,20H,1,6-7,14-17H2/t20-/m1/s1. The highest BCUT2D eigenvalue weighted by Gasteiger charge is 2.33. The molecule has 0 saturated carbocycles. The third-order valence-electron chi connectivity index (χ3n) is 6.91. The number of nitrogens with zero attached hydrogens (tertiary/aromatic N) is 6. The molecule has 0 aliphatic carbocycles. The first-order valence-electron chi connectivity index (χ1n) is 12.4. The first-order chi connectivity index (χ1) is 18.1. The monoisotopic (exact) mass is 494 g/mol. The molecule has 0 radical (unpaired) electrons. The Hall–Kier alpha value is -4.53. The molecule has 2 aromatic carbocycles. The number of β-lactam (4-membered cyclic amide) rings is 1. The van der Waals surface area contributed by atoms with Crippen LogP contribution in [0.4, 0.5) is 5.82 Å². The lowest BCUT2D eigenvalue weighted by Crippen LogP contribution is -2.44. The van der Waals surface area contributed by atoms with E-state index in [1.54, 1.807) is 9.80 Å². The minimum Gasteiger partial charge on any atom is -0.457 e. The molecule has 6 rings (SSSR count). The molecule has 1 atom stereocenters. The largest absolute Gasteiger partial charge is 0.457 e. The maximum absolute atomic E-state index is 12.4. The summed E-state index contributed by atoms with van der Waals surface area (Å²) < 4.78 is 7.86. The molecule has 2 aliphatic rings. The molecule has 4 aromatic rings. The van der Waals surface area contributed by atoms with Gasteiger partial charge in [0.2, 0.25) is 11.8 Å². The van der Waals surface area contributed by atoms with E-state index in [1.165, 1.54) is 12.4 Å². The molecule has 0 N–H and O–H groups in total. The maximum Gasteiger partial charge on any atom is 0.246 e. The Morgan fingerprint density at radius 3 is 2.51 bits per heavy atom. The van der Waals surface area contributed by atoms with Gasteiger partial charge in [-0.3, -0.25) is 14.5 Å². The Morgan fingerprint density at radius 2 is 1.81 bits per heavy atom. The zero-order valence-electron chi connectivity index (χ0n) is 20.3. The fourth-order valence-electron chi connectivity index (χ4n) is 4.95. The number of fused-ring (bicyclic) bond motifs is 1. The first kappa shape index (κ1) is 22.9. The molecule has 0 spiro atoms. The summed E-state index contributed by atoms with van der Waals surface area (Å²) >= 11 is 0. The Kier molecular flexibility index (Phi) is 5.88. The first-order valence-corrected chi connectivity index (χ1v) is 12.4. The van der Waals surface area contributed by atoms with Crippen LogP contribution in [0.25, 0.3) is 22.3 Å². The molecule has 0 bridgehead atoms. The van der Waals surface area contributed by atoms with E-state index in [1.807, 2.05) is 59.3 Å². The number of anilines is 1. The number of para-hydroxylation sites is 1. The predicted octanol–water partition coefficient (Wildman–Crippen LogP) is 4.37. The molecule has 37 heavy (non-hydrogen) atoms. The van der Waals surface area contributed by atoms with Crippen molar-refractivity contribution in [2.24, 2.45) is 0 Å². The van der Waals surface area contributed by atoms with Crippen molar-refractivity contribution in [2.75, 3.05) is 24.5 Å². The minimum atomic E-state index is -0.0862. The number of aromatic nitrogens is 4. The smallest absolute Gasteiger partial charge is 0.246 e. The fraction of sp³-hybridized carbons (Fsp3) is 0.250. The lowest BCUT2D eigenvalue weighted by atomic mass is 10.1. The van der Waals surface area contributed by atoms with Crippen LogP contribution >= 0.6 is 0 Å². The lowest BCUT2D eigenvalue weighted by Gasteiger charge is -2.32. The van der Waals surface area contributed by atoms with Crippen LogP contribution in [0.3, 0.4) is 0 Å². The Bertz CT molecular complexity index is 1480. The fourth-order valence-corrected chi connectivity index (χ4v) is 4.95. The summed E-state index contributed by atoms with van der Waals surface area (Å²) in [7, 11) is 0. The van der Waals surface area contributed by atoms with Gasteiger partial charge in [0.05, 0.1) is 11.4 Å². The van der Waals surface area contributed by atoms with Gasteiger partial charge in [0.25, 0.3) is 0 Å². The summed E-state index contributed by atoms with van der Waals surface area (Å²) in [6.07, 6.45) is 5.06. The number of carbonyl (C=O) groups excluding carboxylic acids is 2. The van der Waals surface area contributed by atoms with Crippen molar-refractivity contribution < 1.29 is 14.3 Å². The summed E-state index contributed by atoms with van der Waals surface area (Å²) in [5, 5.41) is 5.75. The van der Waals surface area contributed by atoms with Crippen molar-refractivity contribution in [3.05, 3.63) is 73.6 Å². The SMILES string of the molecule is C=CC(=O)N1CCC[C@@H](n2nc(-c3ccc(Oc4ccccc4)cc3)c3c(N4CCC4=O)ncnc32)C1. The van der Waals surface area contributed by atoms with Crippen LogP contribution in [0.5, 0.6) is 11.5 Å². The van der Waals surface area contributed by atoms with Gasteiger partial charge in [-0.2, -0.15) is 5.10 Å². The number of hydrogen-bond acceptors (Lipinski definition) is 6. The summed E-state index contributed by atoms with van der Waals surface area (Å²) in [4.78, 5) is 37.3. The molecule has 9 heteroatoms. The number of amides is 2. The van der Waals surface area contributed by atoms with Crippen LogP contribution < -0.4 is 9.64 Å². The summed E-state index contributed by atoms with van der Waals surface area (Å²) in [5.74, 6) is 1.98. The third kappa shape index (κ3) is 4.22. The number of benzene rings is 2. The van der Waals surface area contributed by atoms with Crippen LogP contribution in [0.1, 0.15) is 25.3 Å². The van der Waals surface area contributed by atoms with Gasteiger partial charge in [-0.1, -0.05) is 24.8 Å². The molecular formula is C28H26N6O3. The van der Waals surface area contributed by atoms with E-state index < -0.39 is 0 Å². The maximum atomic E-state index is 12.4. The Balaban J connectivity index is 1.42. The van der Waals surface area contributed by atoms with Crippen molar-refractivity contribution in [1.82, 2.24) is 24.6 Å². The van der Waals surface area contributed by atoms with Crippen molar-refractivity contribution >= 4 is 28.7 Å². The molecule has 2 saturated heterocycles. The number of hydrogen-bond donors (Lipinski definition) is 0. The second-order valence-electron chi connectivity index (χ2n) is 9.21. The van der Waals surface area contributed by atoms with Gasteiger partial charge in [-0.05, 0) is 55.3 Å². The molecule has 0 unspecified atom stereocenters. The minimum absolute atomic E-state index is 0.0331. The lowest BCUT2D eigenvalue weighted by molar-refractivity contribution is -0.127. The molecule has 9 nitrogen and oxygen atoms in total. The number of rotatable bonds is 6. The molecule has 2 aliphatic heterocycles. The molecule has 4 heterocycles.